The number of carbonyl (C=O) groups is 1. The summed E-state index contributed by atoms with van der Waals surface area (Å²) in [6, 6.07) is 0.744. The van der Waals surface area contributed by atoms with Crippen LogP contribution < -0.4 is 5.32 Å². The number of nitrogens with zero attached hydrogens (tertiary/aromatic N) is 1. The maximum Gasteiger partial charge on any atom is 0.305 e. The molecule has 4 heteroatoms. The highest BCUT2D eigenvalue weighted by atomic mass is 16.5. The number of carbonyl (C=O) groups excluding carboxylic acids is 1. The van der Waals surface area contributed by atoms with Gasteiger partial charge in [-0.1, -0.05) is 6.42 Å². The fourth-order valence-electron chi connectivity index (χ4n) is 3.33. The third kappa shape index (κ3) is 4.77. The van der Waals surface area contributed by atoms with E-state index in [1.54, 1.807) is 0 Å². The third-order valence-electron chi connectivity index (χ3n) is 4.34. The zero-order chi connectivity index (χ0) is 13.5. The Labute approximate surface area is 116 Å². The molecular formula is C15H28N2O2. The van der Waals surface area contributed by atoms with E-state index in [1.165, 1.54) is 45.4 Å². The number of rotatable bonds is 7. The quantitative estimate of drug-likeness (QED) is 0.564. The molecule has 4 nitrogen and oxygen atoms in total. The lowest BCUT2D eigenvalue weighted by atomic mass is 9.94. The maximum absolute atomic E-state index is 11.2. The van der Waals surface area contributed by atoms with Crippen LogP contribution in [0.3, 0.4) is 0 Å². The van der Waals surface area contributed by atoms with E-state index in [2.05, 4.69) is 10.2 Å². The number of hydrogen-bond donors (Lipinski definition) is 1. The Kier molecular flexibility index (Phi) is 6.11. The van der Waals surface area contributed by atoms with Crippen LogP contribution in [0.1, 0.15) is 45.4 Å². The third-order valence-corrected chi connectivity index (χ3v) is 4.34. The average Bonchev–Trinajstić information content (AvgIpc) is 2.81. The van der Waals surface area contributed by atoms with E-state index in [4.69, 9.17) is 4.74 Å². The molecule has 0 aliphatic carbocycles. The minimum Gasteiger partial charge on any atom is -0.466 e. The lowest BCUT2D eigenvalue weighted by Gasteiger charge is -2.24. The molecule has 0 radical (unpaired) electrons. The molecule has 2 aliphatic rings. The first kappa shape index (κ1) is 14.8. The van der Waals surface area contributed by atoms with Crippen LogP contribution in [0.2, 0.25) is 0 Å². The van der Waals surface area contributed by atoms with Crippen molar-refractivity contribution in [3.05, 3.63) is 0 Å². The van der Waals surface area contributed by atoms with Crippen LogP contribution >= 0.6 is 0 Å². The minimum atomic E-state index is -0.0427. The topological polar surface area (TPSA) is 41.6 Å². The van der Waals surface area contributed by atoms with Crippen LogP contribution in [0.25, 0.3) is 0 Å². The fraction of sp³-hybridized carbons (Fsp3) is 0.933. The highest BCUT2D eigenvalue weighted by Crippen LogP contribution is 2.24. The van der Waals surface area contributed by atoms with Gasteiger partial charge in [0, 0.05) is 25.6 Å². The predicted molar refractivity (Wildman–Crippen MR) is 76.1 cm³/mol. The molecule has 0 aromatic carbocycles. The molecular weight excluding hydrogens is 240 g/mol. The Morgan fingerprint density at radius 2 is 2.21 bits per heavy atom. The molecule has 110 valence electrons. The number of esters is 1. The number of piperidine rings is 1. The molecule has 1 N–H and O–H groups in total. The Hall–Kier alpha value is -0.610. The monoisotopic (exact) mass is 268 g/mol. The van der Waals surface area contributed by atoms with Crippen molar-refractivity contribution in [1.29, 1.82) is 0 Å². The van der Waals surface area contributed by atoms with Crippen molar-refractivity contribution in [2.24, 2.45) is 5.92 Å². The summed E-state index contributed by atoms with van der Waals surface area (Å²) in [6.07, 6.45) is 6.64. The second-order valence-electron chi connectivity index (χ2n) is 5.84. The summed E-state index contributed by atoms with van der Waals surface area (Å²) >= 11 is 0. The maximum atomic E-state index is 11.2. The first-order valence-corrected chi connectivity index (χ1v) is 7.91. The Balaban J connectivity index is 1.51. The predicted octanol–water partition coefficient (Wildman–Crippen LogP) is 1.79. The second kappa shape index (κ2) is 7.85. The number of likely N-dealkylation sites (tertiary alicyclic amines) is 1. The molecule has 2 aliphatic heterocycles. The van der Waals surface area contributed by atoms with Crippen LogP contribution in [-0.4, -0.2) is 49.7 Å². The van der Waals surface area contributed by atoms with E-state index in [0.29, 0.717) is 13.0 Å². The molecule has 19 heavy (non-hydrogen) atoms. The number of unbranched alkanes of at least 4 members (excludes halogenated alkanes) is 2. The van der Waals surface area contributed by atoms with Gasteiger partial charge in [-0.05, 0) is 51.6 Å². The summed E-state index contributed by atoms with van der Waals surface area (Å²) in [5, 5.41) is 3.64. The van der Waals surface area contributed by atoms with E-state index in [9.17, 15) is 4.79 Å². The highest BCUT2D eigenvalue weighted by Gasteiger charge is 2.33. The van der Waals surface area contributed by atoms with Gasteiger partial charge in [0.05, 0.1) is 6.61 Å². The van der Waals surface area contributed by atoms with Crippen molar-refractivity contribution < 1.29 is 9.53 Å². The minimum absolute atomic E-state index is 0.0427. The van der Waals surface area contributed by atoms with Crippen molar-refractivity contribution >= 4 is 5.97 Å². The molecule has 2 heterocycles. The fourth-order valence-corrected chi connectivity index (χ4v) is 3.33. The van der Waals surface area contributed by atoms with E-state index in [-0.39, 0.29) is 5.97 Å². The van der Waals surface area contributed by atoms with Gasteiger partial charge in [0.1, 0.15) is 0 Å². The van der Waals surface area contributed by atoms with Gasteiger partial charge in [-0.2, -0.15) is 0 Å². The van der Waals surface area contributed by atoms with Gasteiger partial charge in [0.25, 0.3) is 0 Å². The molecule has 0 spiro atoms. The van der Waals surface area contributed by atoms with E-state index < -0.39 is 0 Å². The Bertz CT molecular complexity index is 269. The van der Waals surface area contributed by atoms with Crippen molar-refractivity contribution in [3.8, 4) is 0 Å². The summed E-state index contributed by atoms with van der Waals surface area (Å²) in [4.78, 5) is 13.8. The van der Waals surface area contributed by atoms with Gasteiger partial charge in [0.15, 0.2) is 0 Å². The van der Waals surface area contributed by atoms with Crippen LogP contribution in [-0.2, 0) is 9.53 Å². The van der Waals surface area contributed by atoms with Crippen LogP contribution in [0.5, 0.6) is 0 Å². The highest BCUT2D eigenvalue weighted by molar-refractivity contribution is 5.69. The summed E-state index contributed by atoms with van der Waals surface area (Å²) in [5.74, 6) is 0.840. The molecule has 2 saturated heterocycles. The van der Waals surface area contributed by atoms with Gasteiger partial charge in [0.2, 0.25) is 0 Å². The van der Waals surface area contributed by atoms with E-state index in [1.807, 2.05) is 6.92 Å². The molecule has 0 aromatic heterocycles. The number of ether oxygens (including phenoxy) is 1. The molecule has 2 rings (SSSR count). The van der Waals surface area contributed by atoms with Crippen LogP contribution in [0.15, 0.2) is 0 Å². The Morgan fingerprint density at radius 3 is 3.00 bits per heavy atom. The summed E-state index contributed by atoms with van der Waals surface area (Å²) in [5.41, 5.74) is 0. The van der Waals surface area contributed by atoms with Gasteiger partial charge >= 0.3 is 5.97 Å². The number of nitrogens with one attached hydrogen (secondary N) is 1. The van der Waals surface area contributed by atoms with Gasteiger partial charge in [-0.3, -0.25) is 4.79 Å². The lowest BCUT2D eigenvalue weighted by Crippen LogP contribution is -2.40. The second-order valence-corrected chi connectivity index (χ2v) is 5.84. The molecule has 0 aromatic rings. The van der Waals surface area contributed by atoms with E-state index >= 15 is 0 Å². The van der Waals surface area contributed by atoms with Gasteiger partial charge in [-0.15, -0.1) is 0 Å². The van der Waals surface area contributed by atoms with Crippen molar-refractivity contribution in [3.63, 3.8) is 0 Å². The van der Waals surface area contributed by atoms with Crippen LogP contribution in [0, 0.1) is 5.92 Å². The van der Waals surface area contributed by atoms with Crippen LogP contribution in [0.4, 0.5) is 0 Å². The molecule has 2 atom stereocenters. The number of fused-ring (bicyclic) bond motifs is 1. The first-order chi connectivity index (χ1) is 9.29. The van der Waals surface area contributed by atoms with E-state index in [0.717, 1.165) is 24.8 Å². The van der Waals surface area contributed by atoms with Crippen molar-refractivity contribution in [1.82, 2.24) is 10.2 Å². The average molecular weight is 268 g/mol. The zero-order valence-electron chi connectivity index (χ0n) is 12.2. The van der Waals surface area contributed by atoms with Gasteiger partial charge in [-0.25, -0.2) is 0 Å². The Morgan fingerprint density at radius 1 is 1.32 bits per heavy atom. The smallest absolute Gasteiger partial charge is 0.305 e. The van der Waals surface area contributed by atoms with Crippen molar-refractivity contribution in [2.45, 2.75) is 51.5 Å². The van der Waals surface area contributed by atoms with Crippen molar-refractivity contribution in [2.75, 3.05) is 32.8 Å². The molecule has 0 saturated carbocycles. The molecule has 0 unspecified atom stereocenters. The SMILES string of the molecule is CCOC(=O)CCCCCN1C[C@@H]2CCCN[C@@H]2C1. The molecule has 0 bridgehead atoms. The summed E-state index contributed by atoms with van der Waals surface area (Å²) < 4.78 is 4.93. The lowest BCUT2D eigenvalue weighted by molar-refractivity contribution is -0.143. The standard InChI is InChI=1S/C15H28N2O2/c1-2-19-15(18)8-4-3-5-10-17-11-13-7-6-9-16-14(13)12-17/h13-14,16H,2-12H2,1H3/t13-,14+/m0/s1. The summed E-state index contributed by atoms with van der Waals surface area (Å²) in [6.45, 7) is 7.26. The first-order valence-electron chi connectivity index (χ1n) is 7.91. The summed E-state index contributed by atoms with van der Waals surface area (Å²) in [7, 11) is 0. The normalized spacial score (nSPS) is 27.2. The largest absolute Gasteiger partial charge is 0.466 e. The number of hydrogen-bond acceptors (Lipinski definition) is 4. The molecule has 0 amide bonds. The van der Waals surface area contributed by atoms with Gasteiger partial charge < -0.3 is 15.0 Å². The zero-order valence-corrected chi connectivity index (χ0v) is 12.2. The molecule has 2 fully saturated rings.